The zero-order chi connectivity index (χ0) is 35.8. The Morgan fingerprint density at radius 2 is 1.06 bits per heavy atom. The SMILES string of the molecule is Clc1ccc2c(-c3cccc4c3oc3ccccc34)nccc2c1.Clc1ccc2c(Br)nccc2c1.OB(O)c1cccc2c1oc1ccccc12. The molecule has 252 valence electrons. The minimum Gasteiger partial charge on any atom is -0.456 e. The number of hydrogen-bond donors (Lipinski definition) is 2. The molecule has 0 atom stereocenters. The summed E-state index contributed by atoms with van der Waals surface area (Å²) < 4.78 is 12.6. The summed E-state index contributed by atoms with van der Waals surface area (Å²) in [5, 5.41) is 28.4. The number of aromatic nitrogens is 2. The zero-order valence-electron chi connectivity index (χ0n) is 27.2. The van der Waals surface area contributed by atoms with E-state index in [1.807, 2.05) is 103 Å². The minimum atomic E-state index is -1.51. The smallest absolute Gasteiger partial charge is 0.456 e. The van der Waals surface area contributed by atoms with Gasteiger partial charge in [-0.05, 0) is 81.3 Å². The molecular weight excluding hydrogens is 758 g/mol. The van der Waals surface area contributed by atoms with Crippen molar-refractivity contribution in [1.29, 1.82) is 0 Å². The van der Waals surface area contributed by atoms with Gasteiger partial charge in [0.05, 0.1) is 5.69 Å². The van der Waals surface area contributed by atoms with Crippen LogP contribution in [-0.4, -0.2) is 27.1 Å². The molecular formula is C42H26BBrCl2N2O4. The molecule has 0 aliphatic heterocycles. The Balaban J connectivity index is 0.000000120. The first-order valence-corrected chi connectivity index (χ1v) is 17.8. The Morgan fingerprint density at radius 3 is 1.73 bits per heavy atom. The third kappa shape index (κ3) is 6.52. The predicted molar refractivity (Wildman–Crippen MR) is 217 cm³/mol. The molecule has 10 rings (SSSR count). The van der Waals surface area contributed by atoms with Gasteiger partial charge in [-0.1, -0.05) is 102 Å². The van der Waals surface area contributed by atoms with Gasteiger partial charge < -0.3 is 18.9 Å². The van der Waals surface area contributed by atoms with E-state index in [4.69, 9.17) is 32.0 Å². The maximum atomic E-state index is 9.24. The molecule has 0 amide bonds. The van der Waals surface area contributed by atoms with Crippen LogP contribution in [0.25, 0.3) is 76.7 Å². The number of fused-ring (bicyclic) bond motifs is 8. The Morgan fingerprint density at radius 1 is 0.519 bits per heavy atom. The lowest BCUT2D eigenvalue weighted by atomic mass is 9.79. The van der Waals surface area contributed by atoms with Crippen LogP contribution in [0.5, 0.6) is 0 Å². The van der Waals surface area contributed by atoms with Crippen molar-refractivity contribution >= 4 is 117 Å². The molecule has 0 aliphatic carbocycles. The van der Waals surface area contributed by atoms with Crippen LogP contribution in [0.3, 0.4) is 0 Å². The van der Waals surface area contributed by atoms with E-state index in [0.717, 1.165) is 85.7 Å². The second-order valence-corrected chi connectivity index (χ2v) is 13.6. The Labute approximate surface area is 316 Å². The first-order chi connectivity index (χ1) is 25.4. The summed E-state index contributed by atoms with van der Waals surface area (Å²) in [5.74, 6) is 0. The van der Waals surface area contributed by atoms with E-state index in [9.17, 15) is 10.0 Å². The fraction of sp³-hybridized carbons (Fsp3) is 0. The van der Waals surface area contributed by atoms with Crippen molar-refractivity contribution in [2.75, 3.05) is 0 Å². The first kappa shape index (κ1) is 33.9. The number of rotatable bonds is 2. The summed E-state index contributed by atoms with van der Waals surface area (Å²) in [6, 6.07) is 42.8. The zero-order valence-corrected chi connectivity index (χ0v) is 30.3. The number of nitrogens with zero attached hydrogens (tertiary/aromatic N) is 2. The molecule has 0 saturated carbocycles. The predicted octanol–water partition coefficient (Wildman–Crippen LogP) is 11.4. The van der Waals surface area contributed by atoms with E-state index in [1.54, 1.807) is 18.3 Å². The molecule has 10 heteroatoms. The van der Waals surface area contributed by atoms with E-state index in [-0.39, 0.29) is 0 Å². The molecule has 0 fully saturated rings. The van der Waals surface area contributed by atoms with Crippen LogP contribution in [-0.2, 0) is 0 Å². The maximum Gasteiger partial charge on any atom is 0.492 e. The highest BCUT2D eigenvalue weighted by molar-refractivity contribution is 9.10. The molecule has 0 saturated heterocycles. The average molecular weight is 784 g/mol. The summed E-state index contributed by atoms with van der Waals surface area (Å²) in [6.45, 7) is 0. The van der Waals surface area contributed by atoms with Gasteiger partial charge in [-0.2, -0.15) is 0 Å². The monoisotopic (exact) mass is 782 g/mol. The number of halogens is 3. The van der Waals surface area contributed by atoms with E-state index in [0.29, 0.717) is 11.0 Å². The van der Waals surface area contributed by atoms with Crippen molar-refractivity contribution < 1.29 is 18.9 Å². The number of benzene rings is 6. The molecule has 0 radical (unpaired) electrons. The average Bonchev–Trinajstić information content (AvgIpc) is 3.74. The number of pyridine rings is 2. The number of furan rings is 2. The third-order valence-electron chi connectivity index (χ3n) is 8.78. The molecule has 0 aliphatic rings. The second-order valence-electron chi connectivity index (χ2n) is 12.0. The van der Waals surface area contributed by atoms with E-state index in [1.165, 1.54) is 0 Å². The van der Waals surface area contributed by atoms with Gasteiger partial charge in [-0.3, -0.25) is 4.98 Å². The van der Waals surface area contributed by atoms with E-state index < -0.39 is 7.12 Å². The Bertz CT molecular complexity index is 2910. The first-order valence-electron chi connectivity index (χ1n) is 16.3. The highest BCUT2D eigenvalue weighted by atomic mass is 79.9. The molecule has 0 unspecified atom stereocenters. The quantitative estimate of drug-likeness (QED) is 0.134. The van der Waals surface area contributed by atoms with Gasteiger partial charge in [-0.15, -0.1) is 0 Å². The summed E-state index contributed by atoms with van der Waals surface area (Å²) >= 11 is 15.3. The standard InChI is InChI=1S/C21H12ClNO.C12H9BO3.C9H5BrClN/c22-14-8-9-15-13(12-14)10-11-23-20(15)18-6-3-5-17-16-4-1-2-7-19(16)24-21(17)18;14-13(15)10-6-3-5-9-8-4-1-2-7-11(8)16-12(9)10;10-9-8-2-1-7(11)5-6(8)3-4-12-9/h1-12H;1-7,14-15H;1-5H. The molecule has 4 heterocycles. The third-order valence-corrected chi connectivity index (χ3v) is 9.88. The van der Waals surface area contributed by atoms with Crippen LogP contribution in [0.15, 0.2) is 159 Å². The van der Waals surface area contributed by atoms with Crippen LogP contribution < -0.4 is 5.46 Å². The van der Waals surface area contributed by atoms with Gasteiger partial charge >= 0.3 is 7.12 Å². The number of hydrogen-bond acceptors (Lipinski definition) is 6. The van der Waals surface area contributed by atoms with Crippen LogP contribution in [0.1, 0.15) is 0 Å². The van der Waals surface area contributed by atoms with Crippen molar-refractivity contribution in [2.24, 2.45) is 0 Å². The Hall–Kier alpha value is -5.22. The van der Waals surface area contributed by atoms with Gasteiger partial charge in [0.25, 0.3) is 0 Å². The van der Waals surface area contributed by atoms with Crippen molar-refractivity contribution in [3.8, 4) is 11.3 Å². The van der Waals surface area contributed by atoms with Gasteiger partial charge in [0.1, 0.15) is 26.9 Å². The van der Waals surface area contributed by atoms with Crippen LogP contribution in [0, 0.1) is 0 Å². The summed E-state index contributed by atoms with van der Waals surface area (Å²) in [6.07, 6.45) is 3.57. The lowest BCUT2D eigenvalue weighted by Crippen LogP contribution is -2.29. The summed E-state index contributed by atoms with van der Waals surface area (Å²) in [5.41, 5.74) is 5.36. The van der Waals surface area contributed by atoms with Gasteiger partial charge in [0.2, 0.25) is 0 Å². The van der Waals surface area contributed by atoms with E-state index >= 15 is 0 Å². The lowest BCUT2D eigenvalue weighted by Gasteiger charge is -2.07. The topological polar surface area (TPSA) is 92.5 Å². The second kappa shape index (κ2) is 14.4. The largest absolute Gasteiger partial charge is 0.492 e. The molecule has 6 aromatic carbocycles. The normalized spacial score (nSPS) is 11.2. The fourth-order valence-corrected chi connectivity index (χ4v) is 7.22. The molecule has 10 aromatic rings. The minimum absolute atomic E-state index is 0.397. The highest BCUT2D eigenvalue weighted by Crippen LogP contribution is 2.37. The number of para-hydroxylation sites is 4. The molecule has 52 heavy (non-hydrogen) atoms. The van der Waals surface area contributed by atoms with Crippen LogP contribution >= 0.6 is 39.1 Å². The van der Waals surface area contributed by atoms with Gasteiger partial charge in [0.15, 0.2) is 0 Å². The lowest BCUT2D eigenvalue weighted by molar-refractivity contribution is 0.425. The Kier molecular flexibility index (Phi) is 9.41. The van der Waals surface area contributed by atoms with Crippen LogP contribution in [0.2, 0.25) is 10.0 Å². The molecule has 0 spiro atoms. The molecule has 0 bridgehead atoms. The van der Waals surface area contributed by atoms with Crippen molar-refractivity contribution in [3.05, 3.63) is 161 Å². The van der Waals surface area contributed by atoms with Crippen LogP contribution in [0.4, 0.5) is 0 Å². The summed E-state index contributed by atoms with van der Waals surface area (Å²) in [4.78, 5) is 8.73. The molecule has 2 N–H and O–H groups in total. The highest BCUT2D eigenvalue weighted by Gasteiger charge is 2.19. The van der Waals surface area contributed by atoms with E-state index in [2.05, 4.69) is 50.2 Å². The maximum absolute atomic E-state index is 9.24. The van der Waals surface area contributed by atoms with Gasteiger partial charge in [-0.25, -0.2) is 4.98 Å². The van der Waals surface area contributed by atoms with Gasteiger partial charge in [0, 0.05) is 65.8 Å². The fourth-order valence-electron chi connectivity index (χ4n) is 6.38. The van der Waals surface area contributed by atoms with Crippen molar-refractivity contribution in [3.63, 3.8) is 0 Å². The summed E-state index contributed by atoms with van der Waals surface area (Å²) in [7, 11) is -1.51. The van der Waals surface area contributed by atoms with Crippen molar-refractivity contribution in [2.45, 2.75) is 0 Å². The molecule has 6 nitrogen and oxygen atoms in total. The molecule has 4 aromatic heterocycles. The van der Waals surface area contributed by atoms with Crippen molar-refractivity contribution in [1.82, 2.24) is 9.97 Å².